The van der Waals surface area contributed by atoms with Crippen LogP contribution in [0.3, 0.4) is 0 Å². The topological polar surface area (TPSA) is 41.7 Å². The molecule has 1 aromatic rings. The van der Waals surface area contributed by atoms with Gasteiger partial charge in [-0.1, -0.05) is 12.1 Å². The smallest absolute Gasteiger partial charge is 0.142 e. The molecule has 2 N–H and O–H groups in total. The zero-order chi connectivity index (χ0) is 15.3. The first kappa shape index (κ1) is 16.1. The average molecular weight is 291 g/mol. The number of benzene rings is 1. The van der Waals surface area contributed by atoms with Gasteiger partial charge in [-0.05, 0) is 45.4 Å². The van der Waals surface area contributed by atoms with Crippen molar-refractivity contribution in [3.63, 3.8) is 0 Å². The number of hydrogen-bond donors (Lipinski definition) is 1. The van der Waals surface area contributed by atoms with E-state index in [9.17, 15) is 0 Å². The number of nitrogens with two attached hydrogens (primary N) is 1. The van der Waals surface area contributed by atoms with Gasteiger partial charge in [0.1, 0.15) is 5.75 Å². The van der Waals surface area contributed by atoms with E-state index in [1.807, 2.05) is 12.1 Å². The summed E-state index contributed by atoms with van der Waals surface area (Å²) in [5.41, 5.74) is 7.21. The highest BCUT2D eigenvalue weighted by Gasteiger charge is 2.19. The largest absolute Gasteiger partial charge is 0.495 e. The first-order valence-electron chi connectivity index (χ1n) is 7.89. The number of rotatable bonds is 6. The maximum atomic E-state index is 6.04. The minimum atomic E-state index is -0.0424. The van der Waals surface area contributed by atoms with Gasteiger partial charge in [0.15, 0.2) is 0 Å². The van der Waals surface area contributed by atoms with Crippen LogP contribution in [0.2, 0.25) is 0 Å². The molecule has 0 atom stereocenters. The van der Waals surface area contributed by atoms with Crippen LogP contribution >= 0.6 is 0 Å². The van der Waals surface area contributed by atoms with Crippen molar-refractivity contribution in [1.82, 2.24) is 4.90 Å². The molecule has 1 aliphatic heterocycles. The Morgan fingerprint density at radius 3 is 2.43 bits per heavy atom. The van der Waals surface area contributed by atoms with Crippen LogP contribution in [0.15, 0.2) is 24.3 Å². The van der Waals surface area contributed by atoms with Gasteiger partial charge in [-0.2, -0.15) is 0 Å². The van der Waals surface area contributed by atoms with Crippen LogP contribution in [0, 0.1) is 0 Å². The quantitative estimate of drug-likeness (QED) is 0.873. The first-order chi connectivity index (χ1) is 9.99. The molecular formula is C17H29N3O. The van der Waals surface area contributed by atoms with Gasteiger partial charge < -0.3 is 15.4 Å². The van der Waals surface area contributed by atoms with Crippen molar-refractivity contribution >= 4 is 5.69 Å². The number of piperazine rings is 1. The molecule has 1 heterocycles. The number of nitrogens with zero attached hydrogens (tertiary/aromatic N) is 2. The van der Waals surface area contributed by atoms with Gasteiger partial charge in [-0.3, -0.25) is 4.90 Å². The zero-order valence-electron chi connectivity index (χ0n) is 13.6. The highest BCUT2D eigenvalue weighted by molar-refractivity contribution is 5.58. The van der Waals surface area contributed by atoms with Crippen LogP contribution in [-0.2, 0) is 0 Å². The van der Waals surface area contributed by atoms with Crippen molar-refractivity contribution < 1.29 is 4.74 Å². The zero-order valence-corrected chi connectivity index (χ0v) is 13.6. The summed E-state index contributed by atoms with van der Waals surface area (Å²) >= 11 is 0. The van der Waals surface area contributed by atoms with Crippen molar-refractivity contribution in [1.29, 1.82) is 0 Å². The van der Waals surface area contributed by atoms with E-state index in [1.54, 1.807) is 7.11 Å². The van der Waals surface area contributed by atoms with Crippen LogP contribution in [0.25, 0.3) is 0 Å². The Balaban J connectivity index is 1.80. The van der Waals surface area contributed by atoms with Crippen molar-refractivity contribution in [2.45, 2.75) is 32.2 Å². The molecule has 4 nitrogen and oxygen atoms in total. The molecule has 0 radical (unpaired) electrons. The lowest BCUT2D eigenvalue weighted by molar-refractivity contribution is 0.244. The number of methoxy groups -OCH3 is 1. The molecule has 0 saturated carbocycles. The number of hydrogen-bond acceptors (Lipinski definition) is 4. The van der Waals surface area contributed by atoms with Gasteiger partial charge >= 0.3 is 0 Å². The summed E-state index contributed by atoms with van der Waals surface area (Å²) in [7, 11) is 1.74. The molecule has 1 aliphatic rings. The third-order valence-electron chi connectivity index (χ3n) is 4.09. The van der Waals surface area contributed by atoms with Gasteiger partial charge in [0.25, 0.3) is 0 Å². The molecule has 0 spiro atoms. The Bertz CT molecular complexity index is 434. The molecule has 2 rings (SSSR count). The molecule has 4 heteroatoms. The Kier molecular flexibility index (Phi) is 5.48. The van der Waals surface area contributed by atoms with Gasteiger partial charge in [-0.15, -0.1) is 0 Å². The van der Waals surface area contributed by atoms with E-state index >= 15 is 0 Å². The minimum Gasteiger partial charge on any atom is -0.495 e. The second-order valence-electron chi connectivity index (χ2n) is 6.59. The third-order valence-corrected chi connectivity index (χ3v) is 4.09. The van der Waals surface area contributed by atoms with Gasteiger partial charge in [-0.25, -0.2) is 0 Å². The lowest BCUT2D eigenvalue weighted by Crippen LogP contribution is -2.47. The standard InChI is InChI=1S/C17H29N3O/c1-17(2,18)9-6-10-19-11-13-20(14-12-19)15-7-4-5-8-16(15)21-3/h4-5,7-8H,6,9-14,18H2,1-3H3. The normalized spacial score (nSPS) is 17.0. The first-order valence-corrected chi connectivity index (χ1v) is 7.89. The maximum absolute atomic E-state index is 6.04. The van der Waals surface area contributed by atoms with E-state index in [4.69, 9.17) is 10.5 Å². The molecule has 1 fully saturated rings. The fourth-order valence-corrected chi connectivity index (χ4v) is 2.86. The van der Waals surface area contributed by atoms with Crippen LogP contribution in [0.5, 0.6) is 5.75 Å². The molecule has 0 aliphatic carbocycles. The van der Waals surface area contributed by atoms with Gasteiger partial charge in [0, 0.05) is 31.7 Å². The summed E-state index contributed by atoms with van der Waals surface area (Å²) in [5.74, 6) is 0.968. The fraction of sp³-hybridized carbons (Fsp3) is 0.647. The number of ether oxygens (including phenoxy) is 1. The van der Waals surface area contributed by atoms with E-state index in [2.05, 4.69) is 35.8 Å². The second kappa shape index (κ2) is 7.14. The lowest BCUT2D eigenvalue weighted by Gasteiger charge is -2.37. The second-order valence-corrected chi connectivity index (χ2v) is 6.59. The lowest BCUT2D eigenvalue weighted by atomic mass is 10.00. The minimum absolute atomic E-state index is 0.0424. The summed E-state index contributed by atoms with van der Waals surface area (Å²) in [5, 5.41) is 0. The predicted molar refractivity (Wildman–Crippen MR) is 89.1 cm³/mol. The van der Waals surface area contributed by atoms with E-state index in [0.29, 0.717) is 0 Å². The molecule has 0 aromatic heterocycles. The van der Waals surface area contributed by atoms with Crippen LogP contribution < -0.4 is 15.4 Å². The Labute approximate surface area is 128 Å². The van der Waals surface area contributed by atoms with E-state index in [1.165, 1.54) is 12.1 Å². The fourth-order valence-electron chi connectivity index (χ4n) is 2.86. The van der Waals surface area contributed by atoms with Gasteiger partial charge in [0.2, 0.25) is 0 Å². The van der Waals surface area contributed by atoms with E-state index < -0.39 is 0 Å². The number of anilines is 1. The van der Waals surface area contributed by atoms with Crippen LogP contribution in [0.4, 0.5) is 5.69 Å². The van der Waals surface area contributed by atoms with E-state index in [-0.39, 0.29) is 5.54 Å². The highest BCUT2D eigenvalue weighted by atomic mass is 16.5. The molecule has 1 aromatic carbocycles. The molecule has 0 unspecified atom stereocenters. The molecular weight excluding hydrogens is 262 g/mol. The molecule has 118 valence electrons. The predicted octanol–water partition coefficient (Wildman–Crippen LogP) is 2.33. The summed E-state index contributed by atoms with van der Waals surface area (Å²) in [6, 6.07) is 8.27. The van der Waals surface area contributed by atoms with Crippen molar-refractivity contribution in [3.05, 3.63) is 24.3 Å². The Morgan fingerprint density at radius 1 is 1.14 bits per heavy atom. The van der Waals surface area contributed by atoms with Crippen molar-refractivity contribution in [2.24, 2.45) is 5.73 Å². The van der Waals surface area contributed by atoms with Crippen LogP contribution in [0.1, 0.15) is 26.7 Å². The van der Waals surface area contributed by atoms with Crippen molar-refractivity contribution in [2.75, 3.05) is 44.7 Å². The molecule has 0 amide bonds. The Hall–Kier alpha value is -1.26. The number of para-hydroxylation sites is 2. The third kappa shape index (κ3) is 4.90. The van der Waals surface area contributed by atoms with Crippen LogP contribution in [-0.4, -0.2) is 50.3 Å². The summed E-state index contributed by atoms with van der Waals surface area (Å²) in [6.07, 6.45) is 2.26. The molecule has 21 heavy (non-hydrogen) atoms. The van der Waals surface area contributed by atoms with E-state index in [0.717, 1.165) is 44.9 Å². The van der Waals surface area contributed by atoms with Crippen molar-refractivity contribution in [3.8, 4) is 5.75 Å². The molecule has 0 bridgehead atoms. The SMILES string of the molecule is COc1ccccc1N1CCN(CCCC(C)(C)N)CC1. The maximum Gasteiger partial charge on any atom is 0.142 e. The highest BCUT2D eigenvalue weighted by Crippen LogP contribution is 2.28. The Morgan fingerprint density at radius 2 is 1.81 bits per heavy atom. The average Bonchev–Trinajstić information content (AvgIpc) is 2.47. The summed E-state index contributed by atoms with van der Waals surface area (Å²) < 4.78 is 5.46. The summed E-state index contributed by atoms with van der Waals surface area (Å²) in [6.45, 7) is 9.71. The summed E-state index contributed by atoms with van der Waals surface area (Å²) in [4.78, 5) is 4.96. The molecule has 1 saturated heterocycles. The van der Waals surface area contributed by atoms with Gasteiger partial charge in [0.05, 0.1) is 12.8 Å². The monoisotopic (exact) mass is 291 g/mol.